The van der Waals surface area contributed by atoms with Gasteiger partial charge in [0.1, 0.15) is 0 Å². The minimum atomic E-state index is -0.0395. The molecule has 0 heterocycles. The molecule has 0 aromatic heterocycles. The molecule has 0 saturated carbocycles. The molecule has 21 heavy (non-hydrogen) atoms. The van der Waals surface area contributed by atoms with Gasteiger partial charge in [-0.05, 0) is 24.9 Å². The molecule has 1 aromatic carbocycles. The fraction of sp³-hybridized carbons (Fsp3) is 0.529. The first-order chi connectivity index (χ1) is 9.93. The average molecular weight is 290 g/mol. The third-order valence-corrected chi connectivity index (χ3v) is 3.30. The van der Waals surface area contributed by atoms with E-state index in [-0.39, 0.29) is 24.8 Å². The summed E-state index contributed by atoms with van der Waals surface area (Å²) in [7, 11) is 1.78. The standard InChI is InChI=1S/C17H26N2O2/c1-5-10-18-17(21)12-19(4)11-16(20)15-8-6-14(7-9-15)13(2)3/h6-9,13H,5,10-12H2,1-4H3,(H,18,21). The van der Waals surface area contributed by atoms with Crippen molar-refractivity contribution < 1.29 is 9.59 Å². The number of ketones is 1. The van der Waals surface area contributed by atoms with Gasteiger partial charge in [0.2, 0.25) is 5.91 Å². The number of nitrogens with one attached hydrogen (secondary N) is 1. The van der Waals surface area contributed by atoms with Crippen molar-refractivity contribution in [1.29, 1.82) is 0 Å². The monoisotopic (exact) mass is 290 g/mol. The quantitative estimate of drug-likeness (QED) is 0.748. The molecule has 4 heteroatoms. The Hall–Kier alpha value is -1.68. The predicted octanol–water partition coefficient (Wildman–Crippen LogP) is 2.45. The number of likely N-dealkylation sites (N-methyl/N-ethyl adjacent to an activating group) is 1. The molecular formula is C17H26N2O2. The summed E-state index contributed by atoms with van der Waals surface area (Å²) in [5, 5.41) is 2.80. The Morgan fingerprint density at radius 2 is 1.76 bits per heavy atom. The molecule has 0 spiro atoms. The van der Waals surface area contributed by atoms with Gasteiger partial charge in [0.05, 0.1) is 13.1 Å². The SMILES string of the molecule is CCCNC(=O)CN(C)CC(=O)c1ccc(C(C)C)cc1. The lowest BCUT2D eigenvalue weighted by Gasteiger charge is -2.15. The van der Waals surface area contributed by atoms with Crippen LogP contribution in [-0.4, -0.2) is 43.3 Å². The Morgan fingerprint density at radius 1 is 1.14 bits per heavy atom. The van der Waals surface area contributed by atoms with E-state index in [1.807, 2.05) is 31.2 Å². The number of carbonyl (C=O) groups excluding carboxylic acids is 2. The van der Waals surface area contributed by atoms with Gasteiger partial charge in [0, 0.05) is 12.1 Å². The molecule has 0 unspecified atom stereocenters. The maximum Gasteiger partial charge on any atom is 0.234 e. The van der Waals surface area contributed by atoms with Crippen LogP contribution in [0.15, 0.2) is 24.3 Å². The third kappa shape index (κ3) is 6.08. The molecule has 0 aliphatic heterocycles. The Labute approximate surface area is 127 Å². The summed E-state index contributed by atoms with van der Waals surface area (Å²) in [4.78, 5) is 25.5. The Morgan fingerprint density at radius 3 is 2.29 bits per heavy atom. The van der Waals surface area contributed by atoms with Crippen LogP contribution in [0.4, 0.5) is 0 Å². The minimum absolute atomic E-state index is 0.0381. The number of carbonyl (C=O) groups is 2. The molecular weight excluding hydrogens is 264 g/mol. The lowest BCUT2D eigenvalue weighted by Crippen LogP contribution is -2.37. The normalized spacial score (nSPS) is 11.0. The van der Waals surface area contributed by atoms with Crippen LogP contribution in [0.3, 0.4) is 0 Å². The second-order valence-electron chi connectivity index (χ2n) is 5.72. The van der Waals surface area contributed by atoms with E-state index in [0.717, 1.165) is 6.42 Å². The summed E-state index contributed by atoms with van der Waals surface area (Å²) in [6.07, 6.45) is 0.913. The second kappa shape index (κ2) is 8.57. The van der Waals surface area contributed by atoms with Gasteiger partial charge in [-0.25, -0.2) is 0 Å². The van der Waals surface area contributed by atoms with Crippen LogP contribution in [0, 0.1) is 0 Å². The molecule has 0 fully saturated rings. The second-order valence-corrected chi connectivity index (χ2v) is 5.72. The summed E-state index contributed by atoms with van der Waals surface area (Å²) in [6.45, 7) is 7.43. The summed E-state index contributed by atoms with van der Waals surface area (Å²) in [5.74, 6) is 0.456. The van der Waals surface area contributed by atoms with E-state index in [1.54, 1.807) is 11.9 Å². The van der Waals surface area contributed by atoms with Crippen LogP contribution in [0.25, 0.3) is 0 Å². The molecule has 116 valence electrons. The molecule has 1 amide bonds. The van der Waals surface area contributed by atoms with E-state index < -0.39 is 0 Å². The first-order valence-electron chi connectivity index (χ1n) is 7.52. The van der Waals surface area contributed by atoms with Crippen LogP contribution in [-0.2, 0) is 4.79 Å². The zero-order valence-corrected chi connectivity index (χ0v) is 13.5. The van der Waals surface area contributed by atoms with Crippen molar-refractivity contribution in [3.63, 3.8) is 0 Å². The van der Waals surface area contributed by atoms with Crippen LogP contribution >= 0.6 is 0 Å². The highest BCUT2D eigenvalue weighted by Crippen LogP contribution is 2.15. The summed E-state index contributed by atoms with van der Waals surface area (Å²) in [5.41, 5.74) is 1.92. The van der Waals surface area contributed by atoms with Crippen LogP contribution < -0.4 is 5.32 Å². The van der Waals surface area contributed by atoms with Crippen LogP contribution in [0.5, 0.6) is 0 Å². The molecule has 0 bridgehead atoms. The Balaban J connectivity index is 2.50. The van der Waals surface area contributed by atoms with Gasteiger partial charge in [-0.1, -0.05) is 45.0 Å². The van der Waals surface area contributed by atoms with Gasteiger partial charge in [-0.3, -0.25) is 14.5 Å². The smallest absolute Gasteiger partial charge is 0.234 e. The first-order valence-corrected chi connectivity index (χ1v) is 7.52. The largest absolute Gasteiger partial charge is 0.355 e. The molecule has 0 radical (unpaired) electrons. The van der Waals surface area contributed by atoms with Crippen molar-refractivity contribution in [2.24, 2.45) is 0 Å². The average Bonchev–Trinajstić information content (AvgIpc) is 2.44. The van der Waals surface area contributed by atoms with Crippen molar-refractivity contribution >= 4 is 11.7 Å². The number of amides is 1. The number of hydrogen-bond acceptors (Lipinski definition) is 3. The molecule has 0 aliphatic carbocycles. The van der Waals surface area contributed by atoms with E-state index in [1.165, 1.54) is 5.56 Å². The number of nitrogens with zero attached hydrogens (tertiary/aromatic N) is 1. The first kappa shape index (κ1) is 17.4. The van der Waals surface area contributed by atoms with Gasteiger partial charge in [0.15, 0.2) is 5.78 Å². The number of benzene rings is 1. The Kier molecular flexibility index (Phi) is 7.09. The van der Waals surface area contributed by atoms with Crippen molar-refractivity contribution in [1.82, 2.24) is 10.2 Å². The highest BCUT2D eigenvalue weighted by Gasteiger charge is 2.12. The zero-order valence-electron chi connectivity index (χ0n) is 13.5. The highest BCUT2D eigenvalue weighted by molar-refractivity contribution is 5.97. The predicted molar refractivity (Wildman–Crippen MR) is 85.7 cm³/mol. The van der Waals surface area contributed by atoms with Gasteiger partial charge in [-0.2, -0.15) is 0 Å². The maximum absolute atomic E-state index is 12.2. The van der Waals surface area contributed by atoms with Crippen molar-refractivity contribution in [3.05, 3.63) is 35.4 Å². The summed E-state index contributed by atoms with van der Waals surface area (Å²) >= 11 is 0. The number of rotatable bonds is 8. The van der Waals surface area contributed by atoms with Gasteiger partial charge in [0.25, 0.3) is 0 Å². The fourth-order valence-corrected chi connectivity index (χ4v) is 2.01. The van der Waals surface area contributed by atoms with Crippen LogP contribution in [0.1, 0.15) is 49.0 Å². The van der Waals surface area contributed by atoms with Crippen molar-refractivity contribution in [2.45, 2.75) is 33.1 Å². The maximum atomic E-state index is 12.2. The molecule has 1 rings (SSSR count). The molecule has 1 aromatic rings. The zero-order chi connectivity index (χ0) is 15.8. The van der Waals surface area contributed by atoms with Crippen molar-refractivity contribution in [3.8, 4) is 0 Å². The van der Waals surface area contributed by atoms with E-state index in [4.69, 9.17) is 0 Å². The van der Waals surface area contributed by atoms with Gasteiger partial charge in [-0.15, -0.1) is 0 Å². The van der Waals surface area contributed by atoms with E-state index >= 15 is 0 Å². The summed E-state index contributed by atoms with van der Waals surface area (Å²) in [6, 6.07) is 7.71. The molecule has 4 nitrogen and oxygen atoms in total. The highest BCUT2D eigenvalue weighted by atomic mass is 16.2. The molecule has 0 aliphatic rings. The van der Waals surface area contributed by atoms with Gasteiger partial charge < -0.3 is 5.32 Å². The van der Waals surface area contributed by atoms with Crippen molar-refractivity contribution in [2.75, 3.05) is 26.7 Å². The van der Waals surface area contributed by atoms with Gasteiger partial charge >= 0.3 is 0 Å². The van der Waals surface area contributed by atoms with E-state index in [0.29, 0.717) is 18.0 Å². The fourth-order valence-electron chi connectivity index (χ4n) is 2.01. The Bertz CT molecular complexity index is 466. The lowest BCUT2D eigenvalue weighted by molar-refractivity contribution is -0.121. The summed E-state index contributed by atoms with van der Waals surface area (Å²) < 4.78 is 0. The minimum Gasteiger partial charge on any atom is -0.355 e. The van der Waals surface area contributed by atoms with Crippen LogP contribution in [0.2, 0.25) is 0 Å². The number of Topliss-reactive ketones (excluding diaryl/α,β-unsaturated/α-hetero) is 1. The molecule has 0 atom stereocenters. The van der Waals surface area contributed by atoms with E-state index in [9.17, 15) is 9.59 Å². The third-order valence-electron chi connectivity index (χ3n) is 3.30. The lowest BCUT2D eigenvalue weighted by atomic mass is 10.0. The molecule has 1 N–H and O–H groups in total. The van der Waals surface area contributed by atoms with E-state index in [2.05, 4.69) is 19.2 Å². The molecule has 0 saturated heterocycles. The number of hydrogen-bond donors (Lipinski definition) is 1. The topological polar surface area (TPSA) is 49.4 Å².